The van der Waals surface area contributed by atoms with Crippen molar-refractivity contribution in [1.82, 2.24) is 9.80 Å². The number of hydrogen-bond donors (Lipinski definition) is 2. The molecule has 0 bridgehead atoms. The van der Waals surface area contributed by atoms with E-state index in [1.165, 1.54) is 6.20 Å². The Morgan fingerprint density at radius 2 is 1.82 bits per heavy atom. The number of phenolic OH excluding ortho intramolecular Hbond substituents is 1. The predicted molar refractivity (Wildman–Crippen MR) is 112 cm³/mol. The van der Waals surface area contributed by atoms with Gasteiger partial charge in [-0.3, -0.25) is 0 Å². The molecule has 2 aliphatic rings. The van der Waals surface area contributed by atoms with Crippen molar-refractivity contribution in [2.45, 2.75) is 26.3 Å². The van der Waals surface area contributed by atoms with Gasteiger partial charge in [-0.2, -0.15) is 0 Å². The number of aliphatic hydroxyl groups excluding tert-OH is 1. The van der Waals surface area contributed by atoms with Crippen molar-refractivity contribution in [2.75, 3.05) is 13.1 Å². The topological polar surface area (TPSA) is 59.3 Å². The zero-order valence-corrected chi connectivity index (χ0v) is 16.2. The first-order valence-electron chi connectivity index (χ1n) is 9.61. The van der Waals surface area contributed by atoms with Crippen LogP contribution in [0.15, 0.2) is 77.4 Å². The van der Waals surface area contributed by atoms with Gasteiger partial charge < -0.3 is 20.0 Å². The van der Waals surface area contributed by atoms with Crippen LogP contribution >= 0.6 is 0 Å². The summed E-state index contributed by atoms with van der Waals surface area (Å²) in [7, 11) is 0. The molecule has 28 heavy (non-hydrogen) atoms. The van der Waals surface area contributed by atoms with E-state index in [2.05, 4.69) is 40.8 Å². The third kappa shape index (κ3) is 3.48. The number of aliphatic imine (C=N–C) groups is 1. The highest BCUT2D eigenvalue weighted by atomic mass is 16.3. The fourth-order valence-corrected chi connectivity index (χ4v) is 3.72. The second kappa shape index (κ2) is 7.43. The first-order valence-corrected chi connectivity index (χ1v) is 9.61. The van der Waals surface area contributed by atoms with Gasteiger partial charge in [-0.15, -0.1) is 0 Å². The number of rotatable bonds is 4. The van der Waals surface area contributed by atoms with Crippen LogP contribution in [0, 0.1) is 0 Å². The van der Waals surface area contributed by atoms with Crippen molar-refractivity contribution in [3.8, 4) is 16.9 Å². The van der Waals surface area contributed by atoms with Gasteiger partial charge in [-0.25, -0.2) is 4.99 Å². The predicted octanol–water partition coefficient (Wildman–Crippen LogP) is 4.28. The van der Waals surface area contributed by atoms with E-state index >= 15 is 0 Å². The molecule has 0 spiro atoms. The lowest BCUT2D eigenvalue weighted by atomic mass is 9.96. The molecular weight excluding hydrogens is 350 g/mol. The Morgan fingerprint density at radius 3 is 2.57 bits per heavy atom. The largest absolute Gasteiger partial charge is 0.508 e. The molecular formula is C23H25N3O2. The van der Waals surface area contributed by atoms with Crippen molar-refractivity contribution in [2.24, 2.45) is 4.99 Å². The van der Waals surface area contributed by atoms with Crippen LogP contribution in [0.25, 0.3) is 11.1 Å². The van der Waals surface area contributed by atoms with Crippen LogP contribution in [0.1, 0.15) is 19.4 Å². The number of aliphatic hydroxyl groups is 1. The Labute approximate surface area is 165 Å². The fraction of sp³-hybridized carbons (Fsp3) is 0.261. The van der Waals surface area contributed by atoms with E-state index in [1.54, 1.807) is 12.1 Å². The van der Waals surface area contributed by atoms with Gasteiger partial charge in [0.1, 0.15) is 17.3 Å². The minimum Gasteiger partial charge on any atom is -0.508 e. The summed E-state index contributed by atoms with van der Waals surface area (Å²) in [5.41, 5.74) is 3.97. The number of benzene rings is 2. The number of hydrogen-bond acceptors (Lipinski definition) is 5. The van der Waals surface area contributed by atoms with E-state index in [1.807, 2.05) is 30.5 Å². The number of fused-ring (bicyclic) bond motifs is 1. The average molecular weight is 375 g/mol. The first-order chi connectivity index (χ1) is 13.5. The molecule has 0 aliphatic carbocycles. The molecule has 2 aromatic carbocycles. The molecule has 144 valence electrons. The van der Waals surface area contributed by atoms with Crippen LogP contribution in [-0.4, -0.2) is 45.0 Å². The lowest BCUT2D eigenvalue weighted by molar-refractivity contribution is 0.242. The lowest BCUT2D eigenvalue weighted by Gasteiger charge is -2.39. The van der Waals surface area contributed by atoms with E-state index in [4.69, 9.17) is 0 Å². The number of phenols is 1. The monoisotopic (exact) mass is 375 g/mol. The molecule has 0 aromatic heterocycles. The smallest absolute Gasteiger partial charge is 0.159 e. The Bertz CT molecular complexity index is 961. The average Bonchev–Trinajstić information content (AvgIpc) is 2.70. The third-order valence-corrected chi connectivity index (χ3v) is 5.26. The van der Waals surface area contributed by atoms with E-state index in [0.29, 0.717) is 12.5 Å². The Balaban J connectivity index is 1.69. The fourth-order valence-electron chi connectivity index (χ4n) is 3.72. The van der Waals surface area contributed by atoms with Crippen molar-refractivity contribution in [3.05, 3.63) is 78.0 Å². The molecule has 4 rings (SSSR count). The highest BCUT2D eigenvalue weighted by molar-refractivity contribution is 5.90. The van der Waals surface area contributed by atoms with E-state index < -0.39 is 0 Å². The van der Waals surface area contributed by atoms with Crippen LogP contribution in [0.5, 0.6) is 5.75 Å². The summed E-state index contributed by atoms with van der Waals surface area (Å²) in [6.07, 6.45) is 4.10. The maximum Gasteiger partial charge on any atom is 0.159 e. The highest BCUT2D eigenvalue weighted by Gasteiger charge is 2.28. The minimum atomic E-state index is 0.188. The highest BCUT2D eigenvalue weighted by Crippen LogP contribution is 2.30. The molecule has 0 fully saturated rings. The lowest BCUT2D eigenvalue weighted by Crippen LogP contribution is -2.45. The van der Waals surface area contributed by atoms with Gasteiger partial charge >= 0.3 is 0 Å². The summed E-state index contributed by atoms with van der Waals surface area (Å²) in [6.45, 7) is 5.92. The molecule has 2 heterocycles. The second-order valence-electron chi connectivity index (χ2n) is 7.44. The normalized spacial score (nSPS) is 16.5. The van der Waals surface area contributed by atoms with Crippen molar-refractivity contribution < 1.29 is 10.2 Å². The minimum absolute atomic E-state index is 0.188. The van der Waals surface area contributed by atoms with Crippen LogP contribution in [0.2, 0.25) is 0 Å². The van der Waals surface area contributed by atoms with Gasteiger partial charge in [0.15, 0.2) is 5.76 Å². The standard InChI is InChI=1S/C23H25N3O2/c1-16(2)25-10-11-26-21(15-25)22(28)14-24-23(26)13-18-12-19(27)8-9-20(18)17-6-4-3-5-7-17/h3-9,12,14-16,27-28H,10-11,13H2,1-2H3. The van der Waals surface area contributed by atoms with Gasteiger partial charge in [0, 0.05) is 31.8 Å². The van der Waals surface area contributed by atoms with Crippen molar-refractivity contribution >= 4 is 5.84 Å². The molecule has 0 atom stereocenters. The van der Waals surface area contributed by atoms with Gasteiger partial charge in [-0.05, 0) is 42.7 Å². The molecule has 2 aromatic rings. The van der Waals surface area contributed by atoms with Crippen molar-refractivity contribution in [1.29, 1.82) is 0 Å². The number of amidine groups is 1. The second-order valence-corrected chi connectivity index (χ2v) is 7.44. The van der Waals surface area contributed by atoms with E-state index in [9.17, 15) is 10.2 Å². The molecule has 5 heteroatoms. The van der Waals surface area contributed by atoms with Gasteiger partial charge in [0.2, 0.25) is 0 Å². The van der Waals surface area contributed by atoms with E-state index in [-0.39, 0.29) is 11.5 Å². The molecule has 0 unspecified atom stereocenters. The summed E-state index contributed by atoms with van der Waals surface area (Å²) < 4.78 is 0. The quantitative estimate of drug-likeness (QED) is 0.837. The summed E-state index contributed by atoms with van der Waals surface area (Å²) in [4.78, 5) is 8.82. The number of aromatic hydroxyl groups is 1. The SMILES string of the molecule is CC(C)N1C=C2C(O)=CN=C(Cc3cc(O)ccc3-c3ccccc3)N2CC1. The summed E-state index contributed by atoms with van der Waals surface area (Å²) in [5, 5.41) is 20.4. The van der Waals surface area contributed by atoms with Gasteiger partial charge in [0.05, 0.1) is 6.20 Å². The number of nitrogens with zero attached hydrogens (tertiary/aromatic N) is 3. The molecule has 0 amide bonds. The van der Waals surface area contributed by atoms with Crippen LogP contribution in [0.3, 0.4) is 0 Å². The van der Waals surface area contributed by atoms with Crippen molar-refractivity contribution in [3.63, 3.8) is 0 Å². The van der Waals surface area contributed by atoms with Gasteiger partial charge in [0.25, 0.3) is 0 Å². The van der Waals surface area contributed by atoms with Gasteiger partial charge in [-0.1, -0.05) is 36.4 Å². The Hall–Kier alpha value is -3.21. The van der Waals surface area contributed by atoms with Crippen LogP contribution in [0.4, 0.5) is 0 Å². The zero-order chi connectivity index (χ0) is 19.7. The first kappa shape index (κ1) is 18.2. The van der Waals surface area contributed by atoms with Crippen LogP contribution < -0.4 is 0 Å². The molecule has 5 nitrogen and oxygen atoms in total. The summed E-state index contributed by atoms with van der Waals surface area (Å²) in [5.74, 6) is 1.30. The molecule has 2 N–H and O–H groups in total. The molecule has 2 aliphatic heterocycles. The summed E-state index contributed by atoms with van der Waals surface area (Å²) in [6, 6.07) is 16.0. The summed E-state index contributed by atoms with van der Waals surface area (Å²) >= 11 is 0. The Morgan fingerprint density at radius 1 is 1.04 bits per heavy atom. The van der Waals surface area contributed by atoms with Crippen LogP contribution in [-0.2, 0) is 6.42 Å². The Kier molecular flexibility index (Phi) is 4.82. The third-order valence-electron chi connectivity index (χ3n) is 5.26. The molecule has 0 saturated heterocycles. The molecule has 0 radical (unpaired) electrons. The maximum atomic E-state index is 10.3. The molecule has 0 saturated carbocycles. The zero-order valence-electron chi connectivity index (χ0n) is 16.2. The van der Waals surface area contributed by atoms with E-state index in [0.717, 1.165) is 41.3 Å². The maximum absolute atomic E-state index is 10.3.